The Balaban J connectivity index is 2.26. The van der Waals surface area contributed by atoms with E-state index in [0.717, 1.165) is 6.07 Å². The molecule has 114 valence electrons. The SMILES string of the molecule is CCOc1cc(O)ccc1C=CC(=O)c1ccc(O)cc1O. The molecule has 0 saturated carbocycles. The van der Waals surface area contributed by atoms with Crippen LogP contribution in [0, 0.1) is 0 Å². The van der Waals surface area contributed by atoms with E-state index in [9.17, 15) is 20.1 Å². The highest BCUT2D eigenvalue weighted by atomic mass is 16.5. The number of carbonyl (C=O) groups is 1. The third-order valence-electron chi connectivity index (χ3n) is 2.96. The first-order valence-corrected chi connectivity index (χ1v) is 6.71. The molecule has 0 unspecified atom stereocenters. The van der Waals surface area contributed by atoms with Crippen LogP contribution in [0.5, 0.6) is 23.0 Å². The Morgan fingerprint density at radius 2 is 1.77 bits per heavy atom. The van der Waals surface area contributed by atoms with Crippen LogP contribution in [0.3, 0.4) is 0 Å². The molecule has 0 aromatic heterocycles. The summed E-state index contributed by atoms with van der Waals surface area (Å²) >= 11 is 0. The summed E-state index contributed by atoms with van der Waals surface area (Å²) in [5.41, 5.74) is 0.719. The number of ketones is 1. The van der Waals surface area contributed by atoms with Crippen molar-refractivity contribution in [1.29, 1.82) is 0 Å². The number of aromatic hydroxyl groups is 3. The summed E-state index contributed by atoms with van der Waals surface area (Å²) in [6.07, 6.45) is 2.83. The molecular weight excluding hydrogens is 284 g/mol. The fourth-order valence-electron chi connectivity index (χ4n) is 1.92. The van der Waals surface area contributed by atoms with Gasteiger partial charge in [-0.1, -0.05) is 0 Å². The van der Waals surface area contributed by atoms with Crippen LogP contribution in [0.2, 0.25) is 0 Å². The van der Waals surface area contributed by atoms with E-state index >= 15 is 0 Å². The molecular formula is C17H16O5. The predicted octanol–water partition coefficient (Wildman–Crippen LogP) is 3.10. The molecule has 0 amide bonds. The molecule has 0 aliphatic carbocycles. The van der Waals surface area contributed by atoms with Crippen LogP contribution in [0.1, 0.15) is 22.8 Å². The Bertz CT molecular complexity index is 719. The monoisotopic (exact) mass is 300 g/mol. The molecule has 0 fully saturated rings. The van der Waals surface area contributed by atoms with Gasteiger partial charge in [0, 0.05) is 17.7 Å². The lowest BCUT2D eigenvalue weighted by atomic mass is 10.1. The van der Waals surface area contributed by atoms with Crippen molar-refractivity contribution < 1.29 is 24.9 Å². The summed E-state index contributed by atoms with van der Waals surface area (Å²) in [6.45, 7) is 2.24. The molecule has 22 heavy (non-hydrogen) atoms. The maximum absolute atomic E-state index is 12.1. The molecule has 0 aliphatic heterocycles. The smallest absolute Gasteiger partial charge is 0.189 e. The highest BCUT2D eigenvalue weighted by molar-refractivity contribution is 6.08. The second-order valence-electron chi connectivity index (χ2n) is 4.55. The Morgan fingerprint density at radius 1 is 1.09 bits per heavy atom. The molecule has 0 aliphatic rings. The number of hydrogen-bond acceptors (Lipinski definition) is 5. The third kappa shape index (κ3) is 3.58. The molecule has 0 spiro atoms. The van der Waals surface area contributed by atoms with E-state index in [4.69, 9.17) is 4.74 Å². The molecule has 0 heterocycles. The van der Waals surface area contributed by atoms with Crippen molar-refractivity contribution in [1.82, 2.24) is 0 Å². The maximum Gasteiger partial charge on any atom is 0.189 e. The van der Waals surface area contributed by atoms with Gasteiger partial charge in [-0.25, -0.2) is 0 Å². The molecule has 5 heteroatoms. The number of benzene rings is 2. The molecule has 3 N–H and O–H groups in total. The standard InChI is InChI=1S/C17H16O5/c1-2-22-17-10-13(19)5-3-11(17)4-8-15(20)14-7-6-12(18)9-16(14)21/h3-10,18-19,21H,2H2,1H3. The highest BCUT2D eigenvalue weighted by Gasteiger charge is 2.09. The van der Waals surface area contributed by atoms with E-state index < -0.39 is 5.78 Å². The minimum absolute atomic E-state index is 0.0723. The van der Waals surface area contributed by atoms with Gasteiger partial charge in [-0.05, 0) is 43.3 Å². The number of allylic oxidation sites excluding steroid dienone is 1. The first kappa shape index (κ1) is 15.4. The van der Waals surface area contributed by atoms with Crippen molar-refractivity contribution in [2.45, 2.75) is 6.92 Å². The fourth-order valence-corrected chi connectivity index (χ4v) is 1.92. The Kier molecular flexibility index (Phi) is 4.68. The van der Waals surface area contributed by atoms with Crippen molar-refractivity contribution in [2.24, 2.45) is 0 Å². The van der Waals surface area contributed by atoms with Gasteiger partial charge < -0.3 is 20.1 Å². The summed E-state index contributed by atoms with van der Waals surface area (Å²) in [7, 11) is 0. The van der Waals surface area contributed by atoms with Gasteiger partial charge in [0.25, 0.3) is 0 Å². The molecule has 2 rings (SSSR count). The minimum atomic E-state index is -0.409. The lowest BCUT2D eigenvalue weighted by molar-refractivity contribution is 0.104. The van der Waals surface area contributed by atoms with Crippen LogP contribution in [0.15, 0.2) is 42.5 Å². The van der Waals surface area contributed by atoms with Gasteiger partial charge in [0.1, 0.15) is 23.0 Å². The van der Waals surface area contributed by atoms with Crippen LogP contribution in [-0.4, -0.2) is 27.7 Å². The van der Waals surface area contributed by atoms with Crippen molar-refractivity contribution in [2.75, 3.05) is 6.61 Å². The van der Waals surface area contributed by atoms with E-state index in [1.807, 2.05) is 6.92 Å². The fraction of sp³-hybridized carbons (Fsp3) is 0.118. The van der Waals surface area contributed by atoms with E-state index in [0.29, 0.717) is 17.9 Å². The van der Waals surface area contributed by atoms with Crippen LogP contribution in [0.4, 0.5) is 0 Å². The topological polar surface area (TPSA) is 87.0 Å². The lowest BCUT2D eigenvalue weighted by Gasteiger charge is -2.07. The molecule has 2 aromatic rings. The zero-order valence-electron chi connectivity index (χ0n) is 12.0. The first-order chi connectivity index (χ1) is 10.5. The summed E-state index contributed by atoms with van der Waals surface area (Å²) in [5.74, 6) is -0.279. The minimum Gasteiger partial charge on any atom is -0.508 e. The lowest BCUT2D eigenvalue weighted by Crippen LogP contribution is -1.96. The van der Waals surface area contributed by atoms with Crippen LogP contribution < -0.4 is 4.74 Å². The van der Waals surface area contributed by atoms with Gasteiger partial charge in [0.2, 0.25) is 0 Å². The molecule has 0 bridgehead atoms. The number of rotatable bonds is 5. The maximum atomic E-state index is 12.1. The van der Waals surface area contributed by atoms with E-state index in [1.165, 1.54) is 30.3 Å². The number of hydrogen-bond donors (Lipinski definition) is 3. The van der Waals surface area contributed by atoms with Crippen molar-refractivity contribution in [3.8, 4) is 23.0 Å². The van der Waals surface area contributed by atoms with Gasteiger partial charge >= 0.3 is 0 Å². The highest BCUT2D eigenvalue weighted by Crippen LogP contribution is 2.27. The second-order valence-corrected chi connectivity index (χ2v) is 4.55. The van der Waals surface area contributed by atoms with Crippen LogP contribution in [0.25, 0.3) is 6.08 Å². The Labute approximate surface area is 127 Å². The number of phenolic OH excluding ortho intramolecular Hbond substituents is 3. The van der Waals surface area contributed by atoms with Gasteiger partial charge in [-0.15, -0.1) is 0 Å². The Hall–Kier alpha value is -2.95. The average molecular weight is 300 g/mol. The summed E-state index contributed by atoms with van der Waals surface area (Å²) in [4.78, 5) is 12.1. The average Bonchev–Trinajstić information content (AvgIpc) is 2.46. The number of carbonyl (C=O) groups excluding carboxylic acids is 1. The van der Waals surface area contributed by atoms with Gasteiger partial charge in [-0.3, -0.25) is 4.79 Å². The normalized spacial score (nSPS) is 10.8. The quantitative estimate of drug-likeness (QED) is 0.583. The Morgan fingerprint density at radius 3 is 2.45 bits per heavy atom. The van der Waals surface area contributed by atoms with Crippen molar-refractivity contribution in [3.05, 3.63) is 53.6 Å². The molecule has 5 nitrogen and oxygen atoms in total. The first-order valence-electron chi connectivity index (χ1n) is 6.71. The van der Waals surface area contributed by atoms with Gasteiger partial charge in [0.05, 0.1) is 12.2 Å². The van der Waals surface area contributed by atoms with E-state index in [1.54, 1.807) is 12.1 Å². The predicted molar refractivity (Wildman–Crippen MR) is 82.4 cm³/mol. The van der Waals surface area contributed by atoms with Crippen LogP contribution in [-0.2, 0) is 0 Å². The van der Waals surface area contributed by atoms with Crippen LogP contribution >= 0.6 is 0 Å². The summed E-state index contributed by atoms with van der Waals surface area (Å²) in [5, 5.41) is 28.3. The van der Waals surface area contributed by atoms with Gasteiger partial charge in [-0.2, -0.15) is 0 Å². The van der Waals surface area contributed by atoms with E-state index in [-0.39, 0.29) is 22.8 Å². The second kappa shape index (κ2) is 6.67. The van der Waals surface area contributed by atoms with Crippen molar-refractivity contribution in [3.63, 3.8) is 0 Å². The summed E-state index contributed by atoms with van der Waals surface area (Å²) < 4.78 is 5.39. The van der Waals surface area contributed by atoms with Crippen molar-refractivity contribution >= 4 is 11.9 Å². The molecule has 2 aromatic carbocycles. The summed E-state index contributed by atoms with van der Waals surface area (Å²) in [6, 6.07) is 8.36. The van der Waals surface area contributed by atoms with E-state index in [2.05, 4.69) is 0 Å². The largest absolute Gasteiger partial charge is 0.508 e. The molecule has 0 atom stereocenters. The zero-order valence-corrected chi connectivity index (χ0v) is 12.0. The zero-order chi connectivity index (χ0) is 16.1. The third-order valence-corrected chi connectivity index (χ3v) is 2.96. The number of phenols is 3. The van der Waals surface area contributed by atoms with Gasteiger partial charge in [0.15, 0.2) is 5.78 Å². The molecule has 0 saturated heterocycles. The number of ether oxygens (including phenoxy) is 1. The molecule has 0 radical (unpaired) electrons.